The average Bonchev–Trinajstić information content (AvgIpc) is 2.87. The number of ether oxygens (including phenoxy) is 1. The third-order valence-corrected chi connectivity index (χ3v) is 4.61. The minimum absolute atomic E-state index is 0.663. The molecule has 0 radical (unpaired) electrons. The maximum atomic E-state index is 5.22. The van der Waals surface area contributed by atoms with Gasteiger partial charge in [0.15, 0.2) is 0 Å². The van der Waals surface area contributed by atoms with Gasteiger partial charge < -0.3 is 4.74 Å². The van der Waals surface area contributed by atoms with Crippen LogP contribution in [-0.2, 0) is 6.54 Å². The Morgan fingerprint density at radius 3 is 2.74 bits per heavy atom. The van der Waals surface area contributed by atoms with Gasteiger partial charge in [-0.25, -0.2) is 0 Å². The first-order valence-electron chi connectivity index (χ1n) is 7.37. The second kappa shape index (κ2) is 5.51. The number of piperazine rings is 1. The van der Waals surface area contributed by atoms with Crippen LogP contribution in [0.4, 0.5) is 0 Å². The molecule has 2 aliphatic rings. The van der Waals surface area contributed by atoms with Crippen LogP contribution >= 0.6 is 0 Å². The van der Waals surface area contributed by atoms with Crippen LogP contribution in [0.1, 0.15) is 25.3 Å². The zero-order valence-electron chi connectivity index (χ0n) is 12.0. The van der Waals surface area contributed by atoms with Gasteiger partial charge in [0.1, 0.15) is 5.75 Å². The molecular formula is C16H24N2O. The van der Waals surface area contributed by atoms with E-state index in [2.05, 4.69) is 41.0 Å². The van der Waals surface area contributed by atoms with Crippen LogP contribution in [0, 0.1) is 0 Å². The molecule has 0 aliphatic carbocycles. The molecular weight excluding hydrogens is 236 g/mol. The summed E-state index contributed by atoms with van der Waals surface area (Å²) in [4.78, 5) is 5.31. The summed E-state index contributed by atoms with van der Waals surface area (Å²) in [5.41, 5.74) is 1.39. The van der Waals surface area contributed by atoms with Crippen molar-refractivity contribution < 1.29 is 4.74 Å². The van der Waals surface area contributed by atoms with Gasteiger partial charge in [0.2, 0.25) is 0 Å². The molecule has 1 aromatic rings. The monoisotopic (exact) mass is 260 g/mol. The molecule has 3 nitrogen and oxygen atoms in total. The number of fused-ring (bicyclic) bond motifs is 1. The smallest absolute Gasteiger partial charge is 0.118 e. The quantitative estimate of drug-likeness (QED) is 0.830. The van der Waals surface area contributed by atoms with E-state index in [1.807, 2.05) is 0 Å². The van der Waals surface area contributed by atoms with Gasteiger partial charge in [0.25, 0.3) is 0 Å². The number of benzene rings is 1. The Hall–Kier alpha value is -1.06. The third kappa shape index (κ3) is 2.77. The molecule has 0 bridgehead atoms. The lowest BCUT2D eigenvalue weighted by Crippen LogP contribution is -2.54. The highest BCUT2D eigenvalue weighted by Gasteiger charge is 2.34. The normalized spacial score (nSPS) is 28.3. The summed E-state index contributed by atoms with van der Waals surface area (Å²) >= 11 is 0. The van der Waals surface area contributed by atoms with Crippen LogP contribution in [-0.4, -0.2) is 48.6 Å². The SMILES string of the molecule is COc1ccc(CN2C[C@@H]3CCCN3C[C@H]2C)cc1. The Balaban J connectivity index is 1.64. The molecule has 1 aromatic carbocycles. The van der Waals surface area contributed by atoms with Crippen LogP contribution in [0.15, 0.2) is 24.3 Å². The Labute approximate surface area is 116 Å². The molecule has 0 spiro atoms. The predicted octanol–water partition coefficient (Wildman–Crippen LogP) is 2.36. The molecule has 0 N–H and O–H groups in total. The molecule has 0 amide bonds. The lowest BCUT2D eigenvalue weighted by molar-refractivity contribution is 0.0540. The van der Waals surface area contributed by atoms with Crippen molar-refractivity contribution in [2.24, 2.45) is 0 Å². The largest absolute Gasteiger partial charge is 0.497 e. The van der Waals surface area contributed by atoms with Crippen LogP contribution in [0.2, 0.25) is 0 Å². The van der Waals surface area contributed by atoms with Crippen molar-refractivity contribution in [3.05, 3.63) is 29.8 Å². The van der Waals surface area contributed by atoms with Gasteiger partial charge in [-0.3, -0.25) is 9.80 Å². The fourth-order valence-corrected chi connectivity index (χ4v) is 3.43. The molecule has 2 saturated heterocycles. The molecule has 19 heavy (non-hydrogen) atoms. The second-order valence-corrected chi connectivity index (χ2v) is 5.92. The molecule has 0 unspecified atom stereocenters. The van der Waals surface area contributed by atoms with Gasteiger partial charge in [-0.15, -0.1) is 0 Å². The Morgan fingerprint density at radius 2 is 2.00 bits per heavy atom. The van der Waals surface area contributed by atoms with E-state index in [4.69, 9.17) is 4.74 Å². The van der Waals surface area contributed by atoms with E-state index in [1.165, 1.54) is 38.0 Å². The van der Waals surface area contributed by atoms with Crippen molar-refractivity contribution >= 4 is 0 Å². The molecule has 3 heteroatoms. The predicted molar refractivity (Wildman–Crippen MR) is 77.5 cm³/mol. The van der Waals surface area contributed by atoms with E-state index < -0.39 is 0 Å². The number of nitrogens with zero attached hydrogens (tertiary/aromatic N) is 2. The molecule has 2 aliphatic heterocycles. The average molecular weight is 260 g/mol. The van der Waals surface area contributed by atoms with Gasteiger partial charge in [-0.1, -0.05) is 12.1 Å². The van der Waals surface area contributed by atoms with E-state index in [0.717, 1.165) is 18.3 Å². The van der Waals surface area contributed by atoms with Crippen molar-refractivity contribution in [2.75, 3.05) is 26.7 Å². The maximum Gasteiger partial charge on any atom is 0.118 e. The standard InChI is InChI=1S/C16H24N2O/c1-13-10-17-9-3-4-15(17)12-18(13)11-14-5-7-16(19-2)8-6-14/h5-8,13,15H,3-4,9-12H2,1-2H3/t13-,15+/m1/s1. The molecule has 104 valence electrons. The third-order valence-electron chi connectivity index (χ3n) is 4.61. The fraction of sp³-hybridized carbons (Fsp3) is 0.625. The summed E-state index contributed by atoms with van der Waals surface area (Å²) in [7, 11) is 1.72. The molecule has 0 saturated carbocycles. The zero-order valence-corrected chi connectivity index (χ0v) is 12.0. The topological polar surface area (TPSA) is 15.7 Å². The maximum absolute atomic E-state index is 5.22. The van der Waals surface area contributed by atoms with Crippen LogP contribution in [0.3, 0.4) is 0 Å². The van der Waals surface area contributed by atoms with Gasteiger partial charge in [-0.2, -0.15) is 0 Å². The molecule has 2 fully saturated rings. The van der Waals surface area contributed by atoms with E-state index in [9.17, 15) is 0 Å². The Morgan fingerprint density at radius 1 is 1.21 bits per heavy atom. The Kier molecular flexibility index (Phi) is 3.76. The number of hydrogen-bond acceptors (Lipinski definition) is 3. The van der Waals surface area contributed by atoms with E-state index in [1.54, 1.807) is 7.11 Å². The highest BCUT2D eigenvalue weighted by Crippen LogP contribution is 2.26. The highest BCUT2D eigenvalue weighted by atomic mass is 16.5. The summed E-state index contributed by atoms with van der Waals surface area (Å²) in [5.74, 6) is 0.942. The van der Waals surface area contributed by atoms with E-state index in [0.29, 0.717) is 6.04 Å². The molecule has 2 heterocycles. The number of methoxy groups -OCH3 is 1. The first kappa shape index (κ1) is 12.9. The zero-order chi connectivity index (χ0) is 13.2. The minimum atomic E-state index is 0.663. The molecule has 3 rings (SSSR count). The lowest BCUT2D eigenvalue weighted by atomic mass is 10.1. The summed E-state index contributed by atoms with van der Waals surface area (Å²) in [6, 6.07) is 9.96. The van der Waals surface area contributed by atoms with Crippen molar-refractivity contribution in [2.45, 2.75) is 38.4 Å². The molecule has 2 atom stereocenters. The summed E-state index contributed by atoms with van der Waals surface area (Å²) in [5, 5.41) is 0. The Bertz CT molecular complexity index is 417. The van der Waals surface area contributed by atoms with E-state index >= 15 is 0 Å². The number of rotatable bonds is 3. The first-order chi connectivity index (χ1) is 9.26. The van der Waals surface area contributed by atoms with Crippen molar-refractivity contribution in [1.29, 1.82) is 0 Å². The van der Waals surface area contributed by atoms with Gasteiger partial charge in [0.05, 0.1) is 7.11 Å². The van der Waals surface area contributed by atoms with Crippen LogP contribution < -0.4 is 4.74 Å². The summed E-state index contributed by atoms with van der Waals surface area (Å²) in [6.45, 7) is 7.20. The van der Waals surface area contributed by atoms with Crippen LogP contribution in [0.25, 0.3) is 0 Å². The fourth-order valence-electron chi connectivity index (χ4n) is 3.43. The first-order valence-corrected chi connectivity index (χ1v) is 7.37. The summed E-state index contributed by atoms with van der Waals surface area (Å²) in [6.07, 6.45) is 2.76. The van der Waals surface area contributed by atoms with Crippen molar-refractivity contribution in [3.63, 3.8) is 0 Å². The second-order valence-electron chi connectivity index (χ2n) is 5.92. The van der Waals surface area contributed by atoms with Crippen molar-refractivity contribution in [3.8, 4) is 5.75 Å². The minimum Gasteiger partial charge on any atom is -0.497 e. The highest BCUT2D eigenvalue weighted by molar-refractivity contribution is 5.27. The number of hydrogen-bond donors (Lipinski definition) is 0. The van der Waals surface area contributed by atoms with Crippen LogP contribution in [0.5, 0.6) is 5.75 Å². The van der Waals surface area contributed by atoms with Gasteiger partial charge >= 0.3 is 0 Å². The van der Waals surface area contributed by atoms with Gasteiger partial charge in [0, 0.05) is 31.7 Å². The summed E-state index contributed by atoms with van der Waals surface area (Å²) < 4.78 is 5.22. The molecule has 0 aromatic heterocycles. The lowest BCUT2D eigenvalue weighted by Gasteiger charge is -2.42. The van der Waals surface area contributed by atoms with Crippen molar-refractivity contribution in [1.82, 2.24) is 9.80 Å². The van der Waals surface area contributed by atoms with E-state index in [-0.39, 0.29) is 0 Å². The van der Waals surface area contributed by atoms with Gasteiger partial charge in [-0.05, 0) is 44.0 Å².